The molecule has 0 atom stereocenters. The highest BCUT2D eigenvalue weighted by molar-refractivity contribution is 7.89. The van der Waals surface area contributed by atoms with Crippen molar-refractivity contribution in [3.05, 3.63) is 76.3 Å². The van der Waals surface area contributed by atoms with Crippen LogP contribution in [0.5, 0.6) is 0 Å². The highest BCUT2D eigenvalue weighted by atomic mass is 35.5. The lowest BCUT2D eigenvalue weighted by Gasteiger charge is -2.08. The molecule has 0 unspecified atom stereocenters. The van der Waals surface area contributed by atoms with Gasteiger partial charge in [-0.3, -0.25) is 4.68 Å². The summed E-state index contributed by atoms with van der Waals surface area (Å²) in [7, 11) is -3.67. The van der Waals surface area contributed by atoms with Crippen molar-refractivity contribution in [2.45, 2.75) is 31.8 Å². The predicted octanol–water partition coefficient (Wildman–Crippen LogP) is 3.08. The summed E-state index contributed by atoms with van der Waals surface area (Å²) in [5, 5.41) is 4.79. The zero-order valence-electron chi connectivity index (χ0n) is 14.5. The van der Waals surface area contributed by atoms with Gasteiger partial charge in [0.1, 0.15) is 10.0 Å². The first kappa shape index (κ1) is 18.6. The van der Waals surface area contributed by atoms with E-state index in [1.807, 2.05) is 48.9 Å². The maximum Gasteiger partial charge on any atom is 0.242 e. The number of pyridine rings is 1. The number of aryl methyl sites for hydroxylation is 1. The zero-order valence-corrected chi connectivity index (χ0v) is 16.0. The minimum Gasteiger partial charge on any atom is -0.265 e. The second-order valence-corrected chi connectivity index (χ2v) is 8.09. The molecule has 0 saturated carbocycles. The van der Waals surface area contributed by atoms with E-state index in [0.717, 1.165) is 22.5 Å². The monoisotopic (exact) mass is 390 g/mol. The Morgan fingerprint density at radius 3 is 2.50 bits per heavy atom. The molecule has 0 radical (unpaired) electrons. The molecule has 1 aromatic carbocycles. The number of nitrogens with one attached hydrogen (secondary N) is 1. The third kappa shape index (κ3) is 4.12. The van der Waals surface area contributed by atoms with E-state index < -0.39 is 10.0 Å². The molecule has 136 valence electrons. The summed E-state index contributed by atoms with van der Waals surface area (Å²) in [6, 6.07) is 12.9. The average molecular weight is 391 g/mol. The Morgan fingerprint density at radius 2 is 1.85 bits per heavy atom. The third-order valence-electron chi connectivity index (χ3n) is 4.16. The molecule has 3 aromatic rings. The predicted molar refractivity (Wildman–Crippen MR) is 101 cm³/mol. The summed E-state index contributed by atoms with van der Waals surface area (Å²) in [5.74, 6) is 0. The van der Waals surface area contributed by atoms with Crippen molar-refractivity contribution in [2.75, 3.05) is 0 Å². The van der Waals surface area contributed by atoms with Gasteiger partial charge in [-0.15, -0.1) is 0 Å². The van der Waals surface area contributed by atoms with Crippen LogP contribution in [0.1, 0.15) is 22.5 Å². The molecule has 1 N–H and O–H groups in total. The van der Waals surface area contributed by atoms with E-state index in [1.165, 1.54) is 18.3 Å². The first-order valence-corrected chi connectivity index (χ1v) is 9.91. The van der Waals surface area contributed by atoms with Crippen LogP contribution < -0.4 is 4.72 Å². The molecule has 0 aliphatic rings. The van der Waals surface area contributed by atoms with Crippen LogP contribution in [0.3, 0.4) is 0 Å². The smallest absolute Gasteiger partial charge is 0.242 e. The molecule has 8 heteroatoms. The second kappa shape index (κ2) is 7.57. The Balaban J connectivity index is 1.77. The van der Waals surface area contributed by atoms with Crippen molar-refractivity contribution in [2.24, 2.45) is 0 Å². The van der Waals surface area contributed by atoms with Crippen LogP contribution in [0.4, 0.5) is 0 Å². The topological polar surface area (TPSA) is 76.9 Å². The van der Waals surface area contributed by atoms with Gasteiger partial charge in [0.25, 0.3) is 0 Å². The lowest BCUT2D eigenvalue weighted by Crippen LogP contribution is -2.24. The minimum atomic E-state index is -3.67. The van der Waals surface area contributed by atoms with Gasteiger partial charge in [0.05, 0.1) is 12.2 Å². The van der Waals surface area contributed by atoms with Crippen molar-refractivity contribution >= 4 is 21.6 Å². The average Bonchev–Trinajstić information content (AvgIpc) is 2.88. The van der Waals surface area contributed by atoms with Gasteiger partial charge in [0.15, 0.2) is 0 Å². The van der Waals surface area contributed by atoms with Gasteiger partial charge in [-0.25, -0.2) is 18.1 Å². The molecule has 0 amide bonds. The molecule has 0 aliphatic heterocycles. The zero-order chi connectivity index (χ0) is 18.7. The third-order valence-corrected chi connectivity index (χ3v) is 5.77. The lowest BCUT2D eigenvalue weighted by atomic mass is 10.2. The van der Waals surface area contributed by atoms with Crippen LogP contribution >= 0.6 is 11.6 Å². The van der Waals surface area contributed by atoms with Gasteiger partial charge in [0, 0.05) is 24.0 Å². The van der Waals surface area contributed by atoms with Crippen LogP contribution in [-0.2, 0) is 23.1 Å². The Bertz CT molecular complexity index is 1000. The van der Waals surface area contributed by atoms with E-state index in [9.17, 15) is 8.42 Å². The fourth-order valence-electron chi connectivity index (χ4n) is 2.67. The number of aromatic nitrogens is 3. The van der Waals surface area contributed by atoms with E-state index in [0.29, 0.717) is 6.54 Å². The van der Waals surface area contributed by atoms with Gasteiger partial charge < -0.3 is 0 Å². The summed E-state index contributed by atoms with van der Waals surface area (Å²) < 4.78 is 29.3. The lowest BCUT2D eigenvalue weighted by molar-refractivity contribution is 0.580. The maximum absolute atomic E-state index is 12.4. The Kier molecular flexibility index (Phi) is 5.41. The number of sulfonamides is 1. The Labute approximate surface area is 157 Å². The maximum atomic E-state index is 12.4. The normalized spacial score (nSPS) is 11.7. The van der Waals surface area contributed by atoms with Crippen molar-refractivity contribution in [1.29, 1.82) is 0 Å². The first-order chi connectivity index (χ1) is 12.4. The van der Waals surface area contributed by atoms with E-state index in [2.05, 4.69) is 14.8 Å². The molecular weight excluding hydrogens is 372 g/mol. The molecule has 2 aromatic heterocycles. The number of benzene rings is 1. The van der Waals surface area contributed by atoms with E-state index in [1.54, 1.807) is 0 Å². The fraction of sp³-hybridized carbons (Fsp3) is 0.222. The summed E-state index contributed by atoms with van der Waals surface area (Å²) >= 11 is 5.71. The van der Waals surface area contributed by atoms with Crippen LogP contribution in [0.25, 0.3) is 0 Å². The van der Waals surface area contributed by atoms with Crippen LogP contribution in [-0.4, -0.2) is 23.2 Å². The highest BCUT2D eigenvalue weighted by Gasteiger charge is 2.18. The summed E-state index contributed by atoms with van der Waals surface area (Å²) in [5.41, 5.74) is 3.74. The largest absolute Gasteiger partial charge is 0.265 e. The SMILES string of the molecule is Cc1nn(Cc2ccccc2)c(C)c1CNS(=O)(=O)c1ccc(Cl)nc1. The van der Waals surface area contributed by atoms with Crippen molar-refractivity contribution in [3.63, 3.8) is 0 Å². The molecule has 2 heterocycles. The van der Waals surface area contributed by atoms with Gasteiger partial charge in [-0.05, 0) is 31.5 Å². The quantitative estimate of drug-likeness (QED) is 0.656. The van der Waals surface area contributed by atoms with Crippen molar-refractivity contribution in [1.82, 2.24) is 19.5 Å². The fourth-order valence-corrected chi connectivity index (χ4v) is 3.72. The molecular formula is C18H19ClN4O2S. The summed E-state index contributed by atoms with van der Waals surface area (Å²) in [6.07, 6.45) is 1.24. The Morgan fingerprint density at radius 1 is 1.12 bits per heavy atom. The number of halogens is 1. The van der Waals surface area contributed by atoms with Crippen molar-refractivity contribution < 1.29 is 8.42 Å². The van der Waals surface area contributed by atoms with E-state index in [-0.39, 0.29) is 16.6 Å². The first-order valence-electron chi connectivity index (χ1n) is 8.05. The molecule has 6 nitrogen and oxygen atoms in total. The van der Waals surface area contributed by atoms with E-state index in [4.69, 9.17) is 11.6 Å². The van der Waals surface area contributed by atoms with Gasteiger partial charge >= 0.3 is 0 Å². The number of hydrogen-bond acceptors (Lipinski definition) is 4. The molecule has 0 fully saturated rings. The minimum absolute atomic E-state index is 0.0777. The van der Waals surface area contributed by atoms with Crippen LogP contribution in [0, 0.1) is 13.8 Å². The van der Waals surface area contributed by atoms with Crippen LogP contribution in [0.2, 0.25) is 5.15 Å². The molecule has 26 heavy (non-hydrogen) atoms. The second-order valence-electron chi connectivity index (χ2n) is 5.93. The highest BCUT2D eigenvalue weighted by Crippen LogP contribution is 2.17. The van der Waals surface area contributed by atoms with Gasteiger partial charge in [0.2, 0.25) is 10.0 Å². The van der Waals surface area contributed by atoms with Crippen molar-refractivity contribution in [3.8, 4) is 0 Å². The van der Waals surface area contributed by atoms with Crippen LogP contribution in [0.15, 0.2) is 53.6 Å². The van der Waals surface area contributed by atoms with Gasteiger partial charge in [-0.1, -0.05) is 41.9 Å². The molecule has 0 bridgehead atoms. The number of hydrogen-bond donors (Lipinski definition) is 1. The molecule has 0 aliphatic carbocycles. The summed E-state index contributed by atoms with van der Waals surface area (Å²) in [4.78, 5) is 3.89. The molecule has 0 spiro atoms. The number of rotatable bonds is 6. The molecule has 0 saturated heterocycles. The standard InChI is InChI=1S/C18H19ClN4O2S/c1-13-17(11-21-26(24,25)16-8-9-18(19)20-10-16)14(2)23(22-13)12-15-6-4-3-5-7-15/h3-10,21H,11-12H2,1-2H3. The Hall–Kier alpha value is -2.22. The van der Waals surface area contributed by atoms with Gasteiger partial charge in [-0.2, -0.15) is 5.10 Å². The molecule has 3 rings (SSSR count). The summed E-state index contributed by atoms with van der Waals surface area (Å²) in [6.45, 7) is 4.62. The van der Waals surface area contributed by atoms with E-state index >= 15 is 0 Å². The number of nitrogens with zero attached hydrogens (tertiary/aromatic N) is 3.